The first kappa shape index (κ1) is 12.5. The highest BCUT2D eigenvalue weighted by atomic mass is 35.5. The summed E-state index contributed by atoms with van der Waals surface area (Å²) >= 11 is 0. The maximum atomic E-state index is 3.55. The van der Waals surface area contributed by atoms with Crippen molar-refractivity contribution in [1.29, 1.82) is 0 Å². The Morgan fingerprint density at radius 1 is 1.33 bits per heavy atom. The summed E-state index contributed by atoms with van der Waals surface area (Å²) in [6, 6.07) is 7.48. The summed E-state index contributed by atoms with van der Waals surface area (Å²) in [7, 11) is 0. The first-order valence-electron chi connectivity index (χ1n) is 5.55. The Kier molecular flexibility index (Phi) is 4.62. The summed E-state index contributed by atoms with van der Waals surface area (Å²) in [6.45, 7) is 5.59. The van der Waals surface area contributed by atoms with Gasteiger partial charge in [-0.15, -0.1) is 12.4 Å². The molecule has 0 aliphatic carbocycles. The van der Waals surface area contributed by atoms with Crippen molar-refractivity contribution in [3.63, 3.8) is 0 Å². The van der Waals surface area contributed by atoms with E-state index in [0.717, 1.165) is 6.04 Å². The molecule has 1 unspecified atom stereocenters. The average Bonchev–Trinajstić information content (AvgIpc) is 2.64. The maximum absolute atomic E-state index is 3.55. The van der Waals surface area contributed by atoms with Crippen LogP contribution < -0.4 is 5.32 Å². The predicted octanol–water partition coefficient (Wildman–Crippen LogP) is 3.02. The average molecular weight is 226 g/mol. The molecule has 1 aromatic carbocycles. The van der Waals surface area contributed by atoms with Crippen LogP contribution in [0.25, 0.3) is 0 Å². The zero-order chi connectivity index (χ0) is 9.97. The lowest BCUT2D eigenvalue weighted by molar-refractivity contribution is 0.601. The Morgan fingerprint density at radius 2 is 2.13 bits per heavy atom. The van der Waals surface area contributed by atoms with Crippen molar-refractivity contribution in [2.75, 3.05) is 6.54 Å². The van der Waals surface area contributed by atoms with Crippen molar-refractivity contribution in [2.45, 2.75) is 39.2 Å². The van der Waals surface area contributed by atoms with Gasteiger partial charge in [-0.3, -0.25) is 0 Å². The van der Waals surface area contributed by atoms with Gasteiger partial charge >= 0.3 is 0 Å². The first-order chi connectivity index (χ1) is 6.75. The molecule has 0 radical (unpaired) electrons. The van der Waals surface area contributed by atoms with Gasteiger partial charge in [0.15, 0.2) is 0 Å². The van der Waals surface area contributed by atoms with Gasteiger partial charge in [-0.05, 0) is 50.8 Å². The van der Waals surface area contributed by atoms with Crippen molar-refractivity contribution < 1.29 is 0 Å². The van der Waals surface area contributed by atoms with Gasteiger partial charge in [-0.1, -0.05) is 23.8 Å². The molecule has 1 fully saturated rings. The van der Waals surface area contributed by atoms with E-state index in [9.17, 15) is 0 Å². The van der Waals surface area contributed by atoms with E-state index in [4.69, 9.17) is 0 Å². The van der Waals surface area contributed by atoms with Gasteiger partial charge in [0, 0.05) is 6.04 Å². The third kappa shape index (κ3) is 3.22. The second kappa shape index (κ2) is 5.53. The van der Waals surface area contributed by atoms with E-state index in [-0.39, 0.29) is 12.4 Å². The van der Waals surface area contributed by atoms with Crippen molar-refractivity contribution in [1.82, 2.24) is 5.32 Å². The molecule has 1 atom stereocenters. The highest BCUT2D eigenvalue weighted by Crippen LogP contribution is 2.16. The van der Waals surface area contributed by atoms with E-state index < -0.39 is 0 Å². The van der Waals surface area contributed by atoms with E-state index in [0.29, 0.717) is 0 Å². The van der Waals surface area contributed by atoms with E-state index >= 15 is 0 Å². The lowest BCUT2D eigenvalue weighted by Gasteiger charge is -2.12. The fourth-order valence-electron chi connectivity index (χ4n) is 2.22. The van der Waals surface area contributed by atoms with Crippen LogP contribution in [0.2, 0.25) is 0 Å². The van der Waals surface area contributed by atoms with Gasteiger partial charge in [0.25, 0.3) is 0 Å². The minimum atomic E-state index is 0. The Balaban J connectivity index is 0.00000112. The number of benzene rings is 1. The minimum absolute atomic E-state index is 0. The molecule has 15 heavy (non-hydrogen) atoms. The van der Waals surface area contributed by atoms with Crippen LogP contribution in [-0.4, -0.2) is 12.6 Å². The van der Waals surface area contributed by atoms with Gasteiger partial charge in [-0.2, -0.15) is 0 Å². The predicted molar refractivity (Wildman–Crippen MR) is 67.9 cm³/mol. The lowest BCUT2D eigenvalue weighted by Crippen LogP contribution is -2.23. The molecule has 1 N–H and O–H groups in total. The van der Waals surface area contributed by atoms with Gasteiger partial charge in [0.05, 0.1) is 0 Å². The first-order valence-corrected chi connectivity index (χ1v) is 5.55. The summed E-state index contributed by atoms with van der Waals surface area (Å²) in [5.74, 6) is 0. The molecule has 1 nitrogen and oxygen atoms in total. The summed E-state index contributed by atoms with van der Waals surface area (Å²) < 4.78 is 0. The van der Waals surface area contributed by atoms with Gasteiger partial charge in [0.2, 0.25) is 0 Å². The number of nitrogens with one attached hydrogen (secondary N) is 1. The van der Waals surface area contributed by atoms with Gasteiger partial charge < -0.3 is 5.32 Å². The van der Waals surface area contributed by atoms with Crippen LogP contribution in [0, 0.1) is 13.8 Å². The Bertz CT molecular complexity index is 316. The van der Waals surface area contributed by atoms with Crippen LogP contribution in [-0.2, 0) is 6.42 Å². The molecule has 84 valence electrons. The monoisotopic (exact) mass is 225 g/mol. The van der Waals surface area contributed by atoms with Crippen LogP contribution in [0.3, 0.4) is 0 Å². The third-order valence-corrected chi connectivity index (χ3v) is 3.13. The second-order valence-electron chi connectivity index (χ2n) is 4.43. The molecule has 0 aromatic heterocycles. The highest BCUT2D eigenvalue weighted by molar-refractivity contribution is 5.85. The smallest absolute Gasteiger partial charge is 0.0108 e. The summed E-state index contributed by atoms with van der Waals surface area (Å²) in [6.07, 6.45) is 3.89. The number of aryl methyl sites for hydroxylation is 2. The Labute approximate surface area is 98.7 Å². The second-order valence-corrected chi connectivity index (χ2v) is 4.43. The molecular formula is C13H20ClN. The normalized spacial score (nSPS) is 20.0. The van der Waals surface area contributed by atoms with Gasteiger partial charge in [-0.25, -0.2) is 0 Å². The van der Waals surface area contributed by atoms with Crippen molar-refractivity contribution in [3.8, 4) is 0 Å². The summed E-state index contributed by atoms with van der Waals surface area (Å²) in [5, 5.41) is 3.55. The van der Waals surface area contributed by atoms with E-state index in [1.54, 1.807) is 0 Å². The minimum Gasteiger partial charge on any atom is -0.314 e. The van der Waals surface area contributed by atoms with Crippen molar-refractivity contribution >= 4 is 12.4 Å². The number of halogens is 1. The van der Waals surface area contributed by atoms with Crippen LogP contribution in [0.15, 0.2) is 18.2 Å². The molecular weight excluding hydrogens is 206 g/mol. The fraction of sp³-hybridized carbons (Fsp3) is 0.538. The molecule has 0 spiro atoms. The SMILES string of the molecule is Cc1ccc(C)c(CC2CCCN2)c1.Cl. The molecule has 0 saturated carbocycles. The molecule has 1 aliphatic rings. The van der Waals surface area contributed by atoms with Crippen LogP contribution in [0.1, 0.15) is 29.5 Å². The van der Waals surface area contributed by atoms with Crippen LogP contribution in [0.4, 0.5) is 0 Å². The topological polar surface area (TPSA) is 12.0 Å². The number of hydrogen-bond acceptors (Lipinski definition) is 1. The van der Waals surface area contributed by atoms with Crippen molar-refractivity contribution in [2.24, 2.45) is 0 Å². The summed E-state index contributed by atoms with van der Waals surface area (Å²) in [4.78, 5) is 0. The largest absolute Gasteiger partial charge is 0.314 e. The lowest BCUT2D eigenvalue weighted by atomic mass is 9.98. The zero-order valence-corrected chi connectivity index (χ0v) is 10.4. The third-order valence-electron chi connectivity index (χ3n) is 3.13. The molecule has 1 aromatic rings. The molecule has 0 bridgehead atoms. The number of hydrogen-bond donors (Lipinski definition) is 1. The molecule has 2 heteroatoms. The van der Waals surface area contributed by atoms with Crippen LogP contribution in [0.5, 0.6) is 0 Å². The molecule has 2 rings (SSSR count). The van der Waals surface area contributed by atoms with Crippen molar-refractivity contribution in [3.05, 3.63) is 34.9 Å². The zero-order valence-electron chi connectivity index (χ0n) is 9.55. The van der Waals surface area contributed by atoms with Crippen LogP contribution >= 0.6 is 12.4 Å². The maximum Gasteiger partial charge on any atom is 0.0108 e. The van der Waals surface area contributed by atoms with E-state index in [1.165, 1.54) is 42.5 Å². The molecule has 1 saturated heterocycles. The fourth-order valence-corrected chi connectivity index (χ4v) is 2.22. The standard InChI is InChI=1S/C13H19N.ClH/c1-10-5-6-11(2)12(8-10)9-13-4-3-7-14-13;/h5-6,8,13-14H,3-4,7,9H2,1-2H3;1H. The quantitative estimate of drug-likeness (QED) is 0.816. The Hall–Kier alpha value is -0.530. The Morgan fingerprint density at radius 3 is 2.80 bits per heavy atom. The van der Waals surface area contributed by atoms with Gasteiger partial charge in [0.1, 0.15) is 0 Å². The number of rotatable bonds is 2. The highest BCUT2D eigenvalue weighted by Gasteiger charge is 2.14. The molecule has 0 amide bonds. The summed E-state index contributed by atoms with van der Waals surface area (Å²) in [5.41, 5.74) is 4.33. The van der Waals surface area contributed by atoms with E-state index in [2.05, 4.69) is 37.4 Å². The molecule has 1 heterocycles. The van der Waals surface area contributed by atoms with E-state index in [1.807, 2.05) is 0 Å². The molecule has 1 aliphatic heterocycles.